The van der Waals surface area contributed by atoms with Gasteiger partial charge in [-0.25, -0.2) is 8.78 Å². The molecule has 0 spiro atoms. The molecule has 0 aromatic heterocycles. The Morgan fingerprint density at radius 1 is 1.00 bits per heavy atom. The molecule has 2 aromatic rings. The van der Waals surface area contributed by atoms with Gasteiger partial charge in [-0.3, -0.25) is 0 Å². The van der Waals surface area contributed by atoms with Crippen LogP contribution in [0.5, 0.6) is 0 Å². The lowest BCUT2D eigenvalue weighted by molar-refractivity contribution is 0.132. The predicted molar refractivity (Wildman–Crippen MR) is 79.6 cm³/mol. The van der Waals surface area contributed by atoms with Crippen LogP contribution in [0, 0.1) is 0 Å². The van der Waals surface area contributed by atoms with E-state index in [4.69, 9.17) is 4.84 Å². The van der Waals surface area contributed by atoms with Crippen LogP contribution in [-0.4, -0.2) is 6.21 Å². The van der Waals surface area contributed by atoms with E-state index >= 15 is 0 Å². The minimum atomic E-state index is -2.45. The maximum atomic E-state index is 12.4. The van der Waals surface area contributed by atoms with Crippen molar-refractivity contribution < 1.29 is 13.6 Å². The van der Waals surface area contributed by atoms with Crippen molar-refractivity contribution in [2.75, 3.05) is 0 Å². The zero-order valence-corrected chi connectivity index (χ0v) is 11.8. The molecule has 0 N–H and O–H groups in total. The number of hydrogen-bond donors (Lipinski definition) is 0. The highest BCUT2D eigenvalue weighted by Crippen LogP contribution is 2.18. The Bertz CT molecular complexity index is 577. The molecule has 0 saturated heterocycles. The van der Waals surface area contributed by atoms with Crippen molar-refractivity contribution in [1.82, 2.24) is 0 Å². The first-order chi connectivity index (χ1) is 10.2. The van der Waals surface area contributed by atoms with Crippen LogP contribution in [-0.2, 0) is 17.9 Å². The second-order valence-electron chi connectivity index (χ2n) is 4.65. The van der Waals surface area contributed by atoms with E-state index in [1.807, 2.05) is 12.1 Å². The molecule has 0 bridgehead atoms. The minimum absolute atomic E-state index is 0.00378. The average Bonchev–Trinajstić information content (AvgIpc) is 2.52. The van der Waals surface area contributed by atoms with Gasteiger partial charge < -0.3 is 4.84 Å². The number of nitrogens with zero attached hydrogens (tertiary/aromatic N) is 1. The molecule has 0 heterocycles. The van der Waals surface area contributed by atoms with Gasteiger partial charge in [-0.05, 0) is 23.1 Å². The van der Waals surface area contributed by atoms with Gasteiger partial charge in [-0.1, -0.05) is 60.6 Å². The van der Waals surface area contributed by atoms with Gasteiger partial charge in [0.1, 0.15) is 6.61 Å². The van der Waals surface area contributed by atoms with E-state index in [9.17, 15) is 8.78 Å². The smallest absolute Gasteiger partial charge is 0.263 e. The second-order valence-corrected chi connectivity index (χ2v) is 4.65. The van der Waals surface area contributed by atoms with Gasteiger partial charge in [0.05, 0.1) is 6.21 Å². The summed E-state index contributed by atoms with van der Waals surface area (Å²) in [5.41, 5.74) is 3.04. The molecule has 21 heavy (non-hydrogen) atoms. The van der Waals surface area contributed by atoms with Crippen molar-refractivity contribution in [2.24, 2.45) is 5.16 Å². The first-order valence-corrected chi connectivity index (χ1v) is 6.80. The molecular weight excluding hydrogens is 272 g/mol. The van der Waals surface area contributed by atoms with Crippen molar-refractivity contribution in [1.29, 1.82) is 0 Å². The average molecular weight is 289 g/mol. The summed E-state index contributed by atoms with van der Waals surface area (Å²) in [4.78, 5) is 5.20. The van der Waals surface area contributed by atoms with Crippen molar-refractivity contribution in [3.8, 4) is 0 Å². The first kappa shape index (κ1) is 15.2. The third-order valence-corrected chi connectivity index (χ3v) is 3.13. The Labute approximate surface area is 123 Å². The van der Waals surface area contributed by atoms with Gasteiger partial charge in [0.2, 0.25) is 0 Å². The molecule has 0 saturated carbocycles. The number of aryl methyl sites for hydroxylation is 1. The molecule has 2 rings (SSSR count). The molecule has 0 fully saturated rings. The highest BCUT2D eigenvalue weighted by molar-refractivity contribution is 5.79. The molecule has 0 aliphatic rings. The summed E-state index contributed by atoms with van der Waals surface area (Å²) in [5, 5.41) is 3.84. The van der Waals surface area contributed by atoms with Gasteiger partial charge in [-0.2, -0.15) is 0 Å². The summed E-state index contributed by atoms with van der Waals surface area (Å²) < 4.78 is 24.8. The Morgan fingerprint density at radius 2 is 1.62 bits per heavy atom. The number of halogens is 2. The largest absolute Gasteiger partial charge is 0.391 e. The normalized spacial score (nSPS) is 11.2. The van der Waals surface area contributed by atoms with Crippen LogP contribution in [0.1, 0.15) is 35.6 Å². The van der Waals surface area contributed by atoms with E-state index < -0.39 is 6.43 Å². The highest BCUT2D eigenvalue weighted by Gasteiger charge is 2.04. The van der Waals surface area contributed by atoms with E-state index in [0.29, 0.717) is 6.61 Å². The van der Waals surface area contributed by atoms with Crippen molar-refractivity contribution in [2.45, 2.75) is 26.4 Å². The third kappa shape index (κ3) is 4.67. The van der Waals surface area contributed by atoms with E-state index in [2.05, 4.69) is 24.2 Å². The van der Waals surface area contributed by atoms with Gasteiger partial charge in [0.15, 0.2) is 0 Å². The van der Waals surface area contributed by atoms with Crippen LogP contribution in [0.25, 0.3) is 0 Å². The molecule has 2 aromatic carbocycles. The Balaban J connectivity index is 1.84. The minimum Gasteiger partial charge on any atom is -0.391 e. The summed E-state index contributed by atoms with van der Waals surface area (Å²) in [7, 11) is 0. The zero-order chi connectivity index (χ0) is 15.1. The summed E-state index contributed by atoms with van der Waals surface area (Å²) in [6.07, 6.45) is 0.0714. The molecular formula is C17H17F2NO. The zero-order valence-electron chi connectivity index (χ0n) is 11.8. The number of rotatable bonds is 6. The number of oxime groups is 1. The Kier molecular flexibility index (Phi) is 5.43. The van der Waals surface area contributed by atoms with E-state index in [-0.39, 0.29) is 5.56 Å². The lowest BCUT2D eigenvalue weighted by Crippen LogP contribution is -1.90. The van der Waals surface area contributed by atoms with Crippen LogP contribution < -0.4 is 0 Å². The van der Waals surface area contributed by atoms with Crippen LogP contribution in [0.4, 0.5) is 8.78 Å². The van der Waals surface area contributed by atoms with Crippen LogP contribution in [0.2, 0.25) is 0 Å². The fraction of sp³-hybridized carbons (Fsp3) is 0.235. The molecule has 110 valence electrons. The fourth-order valence-electron chi connectivity index (χ4n) is 1.81. The van der Waals surface area contributed by atoms with E-state index in [1.165, 1.54) is 23.9 Å². The number of alkyl halides is 2. The monoisotopic (exact) mass is 289 g/mol. The predicted octanol–water partition coefficient (Wildman–Crippen LogP) is 4.74. The van der Waals surface area contributed by atoms with Gasteiger partial charge in [0.25, 0.3) is 6.43 Å². The second kappa shape index (κ2) is 7.53. The third-order valence-electron chi connectivity index (χ3n) is 3.13. The molecule has 0 unspecified atom stereocenters. The SMILES string of the molecule is CCc1ccc(CON=Cc2ccc(C(F)F)cc2)cc1. The first-order valence-electron chi connectivity index (χ1n) is 6.80. The van der Waals surface area contributed by atoms with E-state index in [0.717, 1.165) is 17.5 Å². The molecule has 0 aliphatic carbocycles. The number of hydrogen-bond acceptors (Lipinski definition) is 2. The van der Waals surface area contributed by atoms with Crippen LogP contribution in [0.3, 0.4) is 0 Å². The lowest BCUT2D eigenvalue weighted by Gasteiger charge is -2.02. The maximum Gasteiger partial charge on any atom is 0.263 e. The Hall–Kier alpha value is -2.23. The Morgan fingerprint density at radius 3 is 2.19 bits per heavy atom. The lowest BCUT2D eigenvalue weighted by atomic mass is 10.1. The molecule has 2 nitrogen and oxygen atoms in total. The standard InChI is InChI=1S/C17H17F2NO/c1-2-13-3-5-15(6-4-13)12-21-20-11-14-7-9-16(10-8-14)17(18)19/h3-11,17H,2,12H2,1H3. The molecule has 0 radical (unpaired) electrons. The van der Waals surface area contributed by atoms with Crippen molar-refractivity contribution >= 4 is 6.21 Å². The molecule has 0 aliphatic heterocycles. The quantitative estimate of drug-likeness (QED) is 0.556. The van der Waals surface area contributed by atoms with Gasteiger partial charge in [-0.15, -0.1) is 0 Å². The van der Waals surface area contributed by atoms with Crippen molar-refractivity contribution in [3.05, 3.63) is 70.8 Å². The molecule has 4 heteroatoms. The molecule has 0 atom stereocenters. The van der Waals surface area contributed by atoms with Crippen LogP contribution in [0.15, 0.2) is 53.7 Å². The van der Waals surface area contributed by atoms with Crippen molar-refractivity contribution in [3.63, 3.8) is 0 Å². The summed E-state index contributed by atoms with van der Waals surface area (Å²) >= 11 is 0. The number of benzene rings is 2. The summed E-state index contributed by atoms with van der Waals surface area (Å²) in [5.74, 6) is 0. The fourth-order valence-corrected chi connectivity index (χ4v) is 1.81. The summed E-state index contributed by atoms with van der Waals surface area (Å²) in [6, 6.07) is 14.1. The molecule has 0 amide bonds. The summed E-state index contributed by atoms with van der Waals surface area (Å²) in [6.45, 7) is 2.49. The van der Waals surface area contributed by atoms with Gasteiger partial charge >= 0.3 is 0 Å². The van der Waals surface area contributed by atoms with E-state index in [1.54, 1.807) is 12.1 Å². The van der Waals surface area contributed by atoms with Crippen LogP contribution >= 0.6 is 0 Å². The topological polar surface area (TPSA) is 21.6 Å². The maximum absolute atomic E-state index is 12.4. The highest BCUT2D eigenvalue weighted by atomic mass is 19.3. The van der Waals surface area contributed by atoms with Gasteiger partial charge in [0, 0.05) is 5.56 Å².